The Morgan fingerprint density at radius 1 is 1.21 bits per heavy atom. The second-order valence-corrected chi connectivity index (χ2v) is 7.38. The van der Waals surface area contributed by atoms with Crippen molar-refractivity contribution in [1.82, 2.24) is 0 Å². The largest absolute Gasteiger partial charge is 0.493 e. The first-order valence-electron chi connectivity index (χ1n) is 9.31. The number of rotatable bonds is 5. The summed E-state index contributed by atoms with van der Waals surface area (Å²) in [7, 11) is 4.12. The molecule has 0 saturated carbocycles. The topological polar surface area (TPSA) is 51.9 Å². The van der Waals surface area contributed by atoms with Crippen LogP contribution in [-0.2, 0) is 13.0 Å². The van der Waals surface area contributed by atoms with Crippen molar-refractivity contribution in [2.45, 2.75) is 19.4 Å². The molecule has 7 heteroatoms. The molecule has 0 saturated heterocycles. The Bertz CT molecular complexity index is 1050. The van der Waals surface area contributed by atoms with Crippen LogP contribution in [0.1, 0.15) is 28.3 Å². The van der Waals surface area contributed by atoms with E-state index < -0.39 is 0 Å². The normalized spacial score (nSPS) is 13.1. The molecular weight excluding hydrogens is 392 g/mol. The number of fused-ring (bicyclic) bond motifs is 1. The van der Waals surface area contributed by atoms with Gasteiger partial charge in [-0.05, 0) is 60.1 Å². The van der Waals surface area contributed by atoms with Gasteiger partial charge in [0.25, 0.3) is 5.91 Å². The molecule has 0 fully saturated rings. The van der Waals surface area contributed by atoms with Gasteiger partial charge in [0.05, 0.1) is 12.8 Å². The molecule has 0 bridgehead atoms. The summed E-state index contributed by atoms with van der Waals surface area (Å²) in [6.07, 6.45) is 1.63. The highest BCUT2D eigenvalue weighted by molar-refractivity contribution is 7.27. The zero-order chi connectivity index (χ0) is 20.4. The molecular formula is C22H21FNO4P. The number of carbonyl (C=O) groups excluding carboxylic acids is 1. The van der Waals surface area contributed by atoms with Gasteiger partial charge < -0.3 is 18.8 Å². The number of carbonyl (C=O) groups is 1. The second-order valence-electron chi connectivity index (χ2n) is 6.76. The van der Waals surface area contributed by atoms with Crippen molar-refractivity contribution in [1.29, 1.82) is 0 Å². The number of amides is 1. The number of hydrogen-bond donors (Lipinski definition) is 0. The number of methoxy groups -OCH3 is 1. The van der Waals surface area contributed by atoms with Crippen LogP contribution in [0.3, 0.4) is 0 Å². The monoisotopic (exact) mass is 413 g/mol. The van der Waals surface area contributed by atoms with Crippen molar-refractivity contribution in [3.63, 3.8) is 0 Å². The maximum absolute atomic E-state index is 13.9. The maximum Gasteiger partial charge on any atom is 0.293 e. The molecule has 29 heavy (non-hydrogen) atoms. The summed E-state index contributed by atoms with van der Waals surface area (Å²) in [5.74, 6) is 1.28. The summed E-state index contributed by atoms with van der Waals surface area (Å²) < 4.78 is 30.6. The quantitative estimate of drug-likeness (QED) is 0.591. The van der Waals surface area contributed by atoms with E-state index in [1.54, 1.807) is 36.3 Å². The van der Waals surface area contributed by atoms with E-state index in [2.05, 4.69) is 9.24 Å². The molecule has 2 heterocycles. The molecule has 3 aromatic rings. The van der Waals surface area contributed by atoms with Crippen molar-refractivity contribution in [3.05, 3.63) is 71.4 Å². The van der Waals surface area contributed by atoms with E-state index in [1.165, 1.54) is 12.1 Å². The predicted octanol–water partition coefficient (Wildman–Crippen LogP) is 4.10. The van der Waals surface area contributed by atoms with E-state index in [4.69, 9.17) is 13.9 Å². The third kappa shape index (κ3) is 3.99. The van der Waals surface area contributed by atoms with Crippen LogP contribution in [-0.4, -0.2) is 19.6 Å². The second kappa shape index (κ2) is 8.26. The van der Waals surface area contributed by atoms with Gasteiger partial charge in [-0.25, -0.2) is 4.39 Å². The Morgan fingerprint density at radius 3 is 2.79 bits per heavy atom. The number of halogens is 1. The fourth-order valence-electron chi connectivity index (χ4n) is 3.49. The lowest BCUT2D eigenvalue weighted by molar-refractivity contribution is 0.0954. The first-order valence-corrected chi connectivity index (χ1v) is 9.89. The Hall–Kier alpha value is -2.85. The lowest BCUT2D eigenvalue weighted by Gasteiger charge is -2.29. The van der Waals surface area contributed by atoms with Crippen molar-refractivity contribution < 1.29 is 23.1 Å². The molecule has 0 N–H and O–H groups in total. The third-order valence-corrected chi connectivity index (χ3v) is 5.40. The van der Waals surface area contributed by atoms with E-state index in [0.29, 0.717) is 29.5 Å². The van der Waals surface area contributed by atoms with Gasteiger partial charge in [0.2, 0.25) is 0 Å². The molecule has 1 unspecified atom stereocenters. The van der Waals surface area contributed by atoms with E-state index in [0.717, 1.165) is 23.7 Å². The molecule has 0 radical (unpaired) electrons. The van der Waals surface area contributed by atoms with Crippen LogP contribution in [0.2, 0.25) is 0 Å². The predicted molar refractivity (Wildman–Crippen MR) is 112 cm³/mol. The van der Waals surface area contributed by atoms with Crippen molar-refractivity contribution in [2.24, 2.45) is 0 Å². The summed E-state index contributed by atoms with van der Waals surface area (Å²) in [5, 5.41) is 0.780. The van der Waals surface area contributed by atoms with Crippen LogP contribution >= 0.6 is 9.24 Å². The zero-order valence-electron chi connectivity index (χ0n) is 16.0. The molecule has 4 rings (SSSR count). The van der Waals surface area contributed by atoms with Gasteiger partial charge in [-0.15, -0.1) is 9.24 Å². The molecule has 2 aromatic carbocycles. The molecule has 0 spiro atoms. The van der Waals surface area contributed by atoms with Gasteiger partial charge in [0, 0.05) is 6.54 Å². The van der Waals surface area contributed by atoms with Gasteiger partial charge in [0.1, 0.15) is 18.2 Å². The SMILES string of the molecule is COc1ccccc1OCc1ccc(C(=O)N2CCCc3c(P)cc(F)cc32)o1. The fraction of sp³-hybridized carbons (Fsp3) is 0.227. The number of anilines is 1. The molecule has 5 nitrogen and oxygen atoms in total. The standard InChI is InChI=1S/C22H21FNO4P/c1-26-18-6-2-3-7-19(18)27-13-15-8-9-20(28-15)22(25)24-10-4-5-16-17(24)11-14(23)12-21(16)29/h2-3,6-9,11-12H,4-5,10,13,29H2,1H3. The average Bonchev–Trinajstić information content (AvgIpc) is 3.20. The van der Waals surface area contributed by atoms with Crippen LogP contribution in [0.25, 0.3) is 0 Å². The zero-order valence-corrected chi connectivity index (χ0v) is 17.1. The number of furan rings is 1. The highest BCUT2D eigenvalue weighted by atomic mass is 31.0. The molecule has 0 aliphatic carbocycles. The van der Waals surface area contributed by atoms with E-state index in [9.17, 15) is 9.18 Å². The van der Waals surface area contributed by atoms with Crippen molar-refractivity contribution in [3.8, 4) is 11.5 Å². The lowest BCUT2D eigenvalue weighted by Crippen LogP contribution is -2.36. The molecule has 1 aliphatic heterocycles. The summed E-state index contributed by atoms with van der Waals surface area (Å²) in [6.45, 7) is 0.682. The van der Waals surface area contributed by atoms with Crippen LogP contribution < -0.4 is 19.7 Å². The van der Waals surface area contributed by atoms with Crippen molar-refractivity contribution in [2.75, 3.05) is 18.6 Å². The highest BCUT2D eigenvalue weighted by Gasteiger charge is 2.27. The summed E-state index contributed by atoms with van der Waals surface area (Å²) >= 11 is 0. The Labute approximate surface area is 170 Å². The lowest BCUT2D eigenvalue weighted by atomic mass is 10.0. The van der Waals surface area contributed by atoms with Gasteiger partial charge in [-0.2, -0.15) is 0 Å². The van der Waals surface area contributed by atoms with Crippen LogP contribution in [0.5, 0.6) is 11.5 Å². The smallest absolute Gasteiger partial charge is 0.293 e. The highest BCUT2D eigenvalue weighted by Crippen LogP contribution is 2.30. The summed E-state index contributed by atoms with van der Waals surface area (Å²) in [5.41, 5.74) is 1.58. The van der Waals surface area contributed by atoms with Crippen molar-refractivity contribution >= 4 is 26.1 Å². The number of nitrogens with zero attached hydrogens (tertiary/aromatic N) is 1. The van der Waals surface area contributed by atoms with E-state index in [-0.39, 0.29) is 24.1 Å². The van der Waals surface area contributed by atoms with Crippen LogP contribution in [0.4, 0.5) is 10.1 Å². The average molecular weight is 413 g/mol. The van der Waals surface area contributed by atoms with Gasteiger partial charge >= 0.3 is 0 Å². The number of ether oxygens (including phenoxy) is 2. The van der Waals surface area contributed by atoms with Gasteiger partial charge in [-0.3, -0.25) is 4.79 Å². The van der Waals surface area contributed by atoms with Gasteiger partial charge in [-0.1, -0.05) is 12.1 Å². The minimum Gasteiger partial charge on any atom is -0.493 e. The summed E-state index contributed by atoms with van der Waals surface area (Å²) in [4.78, 5) is 14.6. The fourth-order valence-corrected chi connectivity index (χ4v) is 3.94. The Balaban J connectivity index is 1.51. The van der Waals surface area contributed by atoms with Crippen LogP contribution in [0.15, 0.2) is 52.9 Å². The minimum absolute atomic E-state index is 0.161. The Morgan fingerprint density at radius 2 is 2.00 bits per heavy atom. The summed E-state index contributed by atoms with van der Waals surface area (Å²) in [6, 6.07) is 13.5. The maximum atomic E-state index is 13.9. The number of para-hydroxylation sites is 2. The first-order chi connectivity index (χ1) is 14.1. The molecule has 150 valence electrons. The molecule has 1 amide bonds. The minimum atomic E-state index is -0.362. The third-order valence-electron chi connectivity index (χ3n) is 4.88. The molecule has 1 aliphatic rings. The van der Waals surface area contributed by atoms with Gasteiger partial charge in [0.15, 0.2) is 17.3 Å². The van der Waals surface area contributed by atoms with Crippen LogP contribution in [0, 0.1) is 5.82 Å². The van der Waals surface area contributed by atoms with E-state index >= 15 is 0 Å². The number of hydrogen-bond acceptors (Lipinski definition) is 4. The molecule has 1 aromatic heterocycles. The Kier molecular flexibility index (Phi) is 5.54. The number of benzene rings is 2. The first kappa shape index (κ1) is 19.5. The van der Waals surface area contributed by atoms with E-state index in [1.807, 2.05) is 12.1 Å². The molecule has 1 atom stereocenters.